The quantitative estimate of drug-likeness (QED) is 0.831. The number of hydrogen-bond acceptors (Lipinski definition) is 3. The molecule has 1 N–H and O–H groups in total. The second-order valence-corrected chi connectivity index (χ2v) is 4.23. The zero-order valence-corrected chi connectivity index (χ0v) is 10.7. The smallest absolute Gasteiger partial charge is 0.308 e. The Morgan fingerprint density at radius 2 is 2.22 bits per heavy atom. The number of pyridine rings is 1. The predicted octanol–water partition coefficient (Wildman–Crippen LogP) is 1.54. The van der Waals surface area contributed by atoms with Crippen molar-refractivity contribution in [1.82, 2.24) is 9.88 Å². The van der Waals surface area contributed by atoms with E-state index in [1.54, 1.807) is 37.2 Å². The number of carboxylic acids is 1. The minimum absolute atomic E-state index is 0.0491. The van der Waals surface area contributed by atoms with Crippen LogP contribution in [0.4, 0.5) is 0 Å². The van der Waals surface area contributed by atoms with E-state index < -0.39 is 11.9 Å². The Kier molecular flexibility index (Phi) is 5.30. The van der Waals surface area contributed by atoms with Gasteiger partial charge in [0, 0.05) is 31.9 Å². The van der Waals surface area contributed by atoms with Gasteiger partial charge in [0.2, 0.25) is 5.91 Å². The van der Waals surface area contributed by atoms with Gasteiger partial charge in [0.1, 0.15) is 0 Å². The maximum absolute atomic E-state index is 11.8. The first-order valence-corrected chi connectivity index (χ1v) is 5.94. The fourth-order valence-corrected chi connectivity index (χ4v) is 1.60. The lowest BCUT2D eigenvalue weighted by Crippen LogP contribution is -2.36. The van der Waals surface area contributed by atoms with Crippen molar-refractivity contribution >= 4 is 11.9 Å². The van der Waals surface area contributed by atoms with Crippen molar-refractivity contribution in [2.24, 2.45) is 5.92 Å². The molecular formula is C13H18N2O3. The number of nitrogens with zero attached hydrogens (tertiary/aromatic N) is 2. The summed E-state index contributed by atoms with van der Waals surface area (Å²) in [5.41, 5.74) is 0.900. The first kappa shape index (κ1) is 14.2. The minimum Gasteiger partial charge on any atom is -0.481 e. The third kappa shape index (κ3) is 4.16. The predicted molar refractivity (Wildman–Crippen MR) is 66.7 cm³/mol. The third-order valence-corrected chi connectivity index (χ3v) is 2.67. The molecule has 98 valence electrons. The molecule has 1 heterocycles. The van der Waals surface area contributed by atoms with Crippen LogP contribution >= 0.6 is 0 Å². The zero-order valence-electron chi connectivity index (χ0n) is 10.7. The second-order valence-electron chi connectivity index (χ2n) is 4.23. The molecule has 5 heteroatoms. The van der Waals surface area contributed by atoms with Gasteiger partial charge in [-0.3, -0.25) is 14.6 Å². The highest BCUT2D eigenvalue weighted by Gasteiger charge is 2.19. The average Bonchev–Trinajstić information content (AvgIpc) is 2.38. The van der Waals surface area contributed by atoms with Crippen molar-refractivity contribution in [3.8, 4) is 0 Å². The van der Waals surface area contributed by atoms with E-state index >= 15 is 0 Å². The van der Waals surface area contributed by atoms with Crippen LogP contribution in [-0.4, -0.2) is 33.4 Å². The van der Waals surface area contributed by atoms with Crippen LogP contribution in [0, 0.1) is 5.92 Å². The summed E-state index contributed by atoms with van der Waals surface area (Å²) in [5, 5.41) is 8.90. The molecule has 0 aliphatic heterocycles. The van der Waals surface area contributed by atoms with Crippen LogP contribution in [0.5, 0.6) is 0 Å². The summed E-state index contributed by atoms with van der Waals surface area (Å²) in [6, 6.07) is 3.67. The minimum atomic E-state index is -0.893. The Labute approximate surface area is 106 Å². The summed E-state index contributed by atoms with van der Waals surface area (Å²) in [5.74, 6) is -1.51. The lowest BCUT2D eigenvalue weighted by atomic mass is 10.1. The summed E-state index contributed by atoms with van der Waals surface area (Å²) in [6.45, 7) is 3.99. The molecule has 0 aromatic carbocycles. The highest BCUT2D eigenvalue weighted by Crippen LogP contribution is 2.08. The average molecular weight is 250 g/mol. The summed E-state index contributed by atoms with van der Waals surface area (Å²) in [7, 11) is 0. The number of carboxylic acid groups (broad SMARTS) is 1. The van der Waals surface area contributed by atoms with Crippen molar-refractivity contribution < 1.29 is 14.7 Å². The standard InChI is InChI=1S/C13H18N2O3/c1-3-12(16)15(8-10(2)13(17)18)9-11-5-4-6-14-7-11/h4-7,10H,3,8-9H2,1-2H3,(H,17,18). The van der Waals surface area contributed by atoms with E-state index in [4.69, 9.17) is 5.11 Å². The van der Waals surface area contributed by atoms with Crippen LogP contribution in [-0.2, 0) is 16.1 Å². The topological polar surface area (TPSA) is 70.5 Å². The van der Waals surface area contributed by atoms with E-state index in [1.807, 2.05) is 6.07 Å². The van der Waals surface area contributed by atoms with E-state index in [0.717, 1.165) is 5.56 Å². The van der Waals surface area contributed by atoms with Crippen molar-refractivity contribution in [2.45, 2.75) is 26.8 Å². The molecule has 1 amide bonds. The zero-order chi connectivity index (χ0) is 13.5. The number of aliphatic carboxylic acids is 1. The summed E-state index contributed by atoms with van der Waals surface area (Å²) in [6.07, 6.45) is 3.71. The van der Waals surface area contributed by atoms with Gasteiger partial charge in [-0.2, -0.15) is 0 Å². The molecular weight excluding hydrogens is 232 g/mol. The molecule has 1 unspecified atom stereocenters. The van der Waals surface area contributed by atoms with E-state index in [2.05, 4.69) is 4.98 Å². The Hall–Kier alpha value is -1.91. The van der Waals surface area contributed by atoms with Gasteiger partial charge < -0.3 is 10.0 Å². The fraction of sp³-hybridized carbons (Fsp3) is 0.462. The van der Waals surface area contributed by atoms with Crippen LogP contribution in [0.3, 0.4) is 0 Å². The third-order valence-electron chi connectivity index (χ3n) is 2.67. The fourth-order valence-electron chi connectivity index (χ4n) is 1.60. The number of aromatic nitrogens is 1. The molecule has 0 aliphatic carbocycles. The number of amides is 1. The van der Waals surface area contributed by atoms with Gasteiger partial charge in [0.15, 0.2) is 0 Å². The Morgan fingerprint density at radius 3 is 2.72 bits per heavy atom. The first-order valence-electron chi connectivity index (χ1n) is 5.94. The van der Waals surface area contributed by atoms with Gasteiger partial charge >= 0.3 is 5.97 Å². The maximum atomic E-state index is 11.8. The van der Waals surface area contributed by atoms with Crippen molar-refractivity contribution in [3.63, 3.8) is 0 Å². The van der Waals surface area contributed by atoms with Crippen molar-refractivity contribution in [1.29, 1.82) is 0 Å². The van der Waals surface area contributed by atoms with Gasteiger partial charge in [0.25, 0.3) is 0 Å². The summed E-state index contributed by atoms with van der Waals surface area (Å²) < 4.78 is 0. The molecule has 0 fully saturated rings. The normalized spacial score (nSPS) is 11.9. The summed E-state index contributed by atoms with van der Waals surface area (Å²) in [4.78, 5) is 28.2. The van der Waals surface area contributed by atoms with Gasteiger partial charge in [-0.25, -0.2) is 0 Å². The highest BCUT2D eigenvalue weighted by molar-refractivity contribution is 5.77. The molecule has 1 aromatic heterocycles. The van der Waals surface area contributed by atoms with E-state index in [-0.39, 0.29) is 12.5 Å². The molecule has 5 nitrogen and oxygen atoms in total. The maximum Gasteiger partial charge on any atom is 0.308 e. The number of carbonyl (C=O) groups excluding carboxylic acids is 1. The number of rotatable bonds is 6. The van der Waals surface area contributed by atoms with Crippen LogP contribution in [0.2, 0.25) is 0 Å². The first-order chi connectivity index (χ1) is 8.54. The summed E-state index contributed by atoms with van der Waals surface area (Å²) >= 11 is 0. The molecule has 0 saturated heterocycles. The molecule has 0 bridgehead atoms. The van der Waals surface area contributed by atoms with E-state index in [9.17, 15) is 9.59 Å². The van der Waals surface area contributed by atoms with Gasteiger partial charge in [0.05, 0.1) is 5.92 Å². The monoisotopic (exact) mass is 250 g/mol. The molecule has 18 heavy (non-hydrogen) atoms. The largest absolute Gasteiger partial charge is 0.481 e. The van der Waals surface area contributed by atoms with Crippen molar-refractivity contribution in [2.75, 3.05) is 6.54 Å². The SMILES string of the molecule is CCC(=O)N(Cc1cccnc1)CC(C)C(=O)O. The molecule has 1 atom stereocenters. The van der Waals surface area contributed by atoms with Gasteiger partial charge in [-0.1, -0.05) is 19.9 Å². The molecule has 1 rings (SSSR count). The van der Waals surface area contributed by atoms with Gasteiger partial charge in [-0.05, 0) is 11.6 Å². The Bertz CT molecular complexity index is 406. The molecule has 0 saturated carbocycles. The van der Waals surface area contributed by atoms with Crippen LogP contribution < -0.4 is 0 Å². The lowest BCUT2D eigenvalue weighted by Gasteiger charge is -2.24. The van der Waals surface area contributed by atoms with Crippen LogP contribution in [0.1, 0.15) is 25.8 Å². The van der Waals surface area contributed by atoms with Crippen LogP contribution in [0.25, 0.3) is 0 Å². The number of carbonyl (C=O) groups is 2. The van der Waals surface area contributed by atoms with Crippen LogP contribution in [0.15, 0.2) is 24.5 Å². The second kappa shape index (κ2) is 6.74. The highest BCUT2D eigenvalue weighted by atomic mass is 16.4. The van der Waals surface area contributed by atoms with E-state index in [1.165, 1.54) is 0 Å². The Balaban J connectivity index is 2.73. The molecule has 1 aromatic rings. The Morgan fingerprint density at radius 1 is 1.50 bits per heavy atom. The van der Waals surface area contributed by atoms with Gasteiger partial charge in [-0.15, -0.1) is 0 Å². The van der Waals surface area contributed by atoms with Crippen molar-refractivity contribution in [3.05, 3.63) is 30.1 Å². The lowest BCUT2D eigenvalue weighted by molar-refractivity contribution is -0.143. The molecule has 0 aliphatic rings. The molecule has 0 radical (unpaired) electrons. The number of hydrogen-bond donors (Lipinski definition) is 1. The molecule has 0 spiro atoms. The van der Waals surface area contributed by atoms with E-state index in [0.29, 0.717) is 13.0 Å².